The Kier molecular flexibility index (Phi) is 6.25. The number of nitrogens with one attached hydrogen (secondary N) is 1. The lowest BCUT2D eigenvalue weighted by Gasteiger charge is -2.33. The first-order valence-electron chi connectivity index (χ1n) is 8.48. The predicted molar refractivity (Wildman–Crippen MR) is 97.6 cm³/mol. The molecule has 1 amide bonds. The van der Waals surface area contributed by atoms with Gasteiger partial charge in [-0.2, -0.15) is 0 Å². The molecule has 0 saturated carbocycles. The van der Waals surface area contributed by atoms with Crippen LogP contribution in [0.2, 0.25) is 5.02 Å². The molecule has 25 heavy (non-hydrogen) atoms. The molecule has 2 aromatic rings. The summed E-state index contributed by atoms with van der Waals surface area (Å²) in [6.07, 6.45) is 5.74. The predicted octanol–water partition coefficient (Wildman–Crippen LogP) is 2.89. The molecule has 1 aromatic heterocycles. The third kappa shape index (κ3) is 5.73. The van der Waals surface area contributed by atoms with E-state index in [4.69, 9.17) is 16.3 Å². The number of likely N-dealkylation sites (tertiary alicyclic amines) is 1. The van der Waals surface area contributed by atoms with Gasteiger partial charge in [-0.3, -0.25) is 14.7 Å². The summed E-state index contributed by atoms with van der Waals surface area (Å²) in [4.78, 5) is 18.6. The van der Waals surface area contributed by atoms with Crippen molar-refractivity contribution in [2.75, 3.05) is 19.7 Å². The molecule has 0 unspecified atom stereocenters. The molecule has 5 nitrogen and oxygen atoms in total. The van der Waals surface area contributed by atoms with E-state index in [9.17, 15) is 4.79 Å². The highest BCUT2D eigenvalue weighted by Gasteiger charge is 2.21. The second-order valence-electron chi connectivity index (χ2n) is 6.25. The number of hydrogen-bond donors (Lipinski definition) is 1. The number of carbonyl (C=O) groups is 1. The van der Waals surface area contributed by atoms with Crippen LogP contribution in [0.1, 0.15) is 18.4 Å². The summed E-state index contributed by atoms with van der Waals surface area (Å²) in [6, 6.07) is 11.2. The fraction of sp³-hybridized carbons (Fsp3) is 0.368. The summed E-state index contributed by atoms with van der Waals surface area (Å²) in [5.41, 5.74) is 1.19. The Balaban J connectivity index is 1.43. The molecular formula is C19H22ClN3O2. The van der Waals surface area contributed by atoms with Crippen LogP contribution < -0.4 is 10.1 Å². The Hall–Kier alpha value is -2.11. The summed E-state index contributed by atoms with van der Waals surface area (Å²) < 4.78 is 5.49. The summed E-state index contributed by atoms with van der Waals surface area (Å²) in [5, 5.41) is 3.71. The maximum absolute atomic E-state index is 12.1. The SMILES string of the molecule is O=C(COc1ccc(Cl)cc1)N[C@H]1CCCN(Cc2cccnc2)C1. The Bertz CT molecular complexity index is 679. The van der Waals surface area contributed by atoms with E-state index in [1.807, 2.05) is 12.3 Å². The number of hydrogen-bond acceptors (Lipinski definition) is 4. The minimum atomic E-state index is -0.0943. The Morgan fingerprint density at radius 1 is 1.32 bits per heavy atom. The van der Waals surface area contributed by atoms with Crippen molar-refractivity contribution in [3.63, 3.8) is 0 Å². The number of nitrogens with zero attached hydrogens (tertiary/aromatic N) is 2. The minimum absolute atomic E-state index is 0.0146. The highest BCUT2D eigenvalue weighted by molar-refractivity contribution is 6.30. The van der Waals surface area contributed by atoms with Gasteiger partial charge in [-0.15, -0.1) is 0 Å². The van der Waals surface area contributed by atoms with Crippen LogP contribution in [-0.4, -0.2) is 41.5 Å². The third-order valence-corrected chi connectivity index (χ3v) is 4.44. The number of ether oxygens (including phenoxy) is 1. The van der Waals surface area contributed by atoms with Crippen LogP contribution in [0.25, 0.3) is 0 Å². The van der Waals surface area contributed by atoms with Gasteiger partial charge in [-0.05, 0) is 55.3 Å². The first-order chi connectivity index (χ1) is 12.2. The van der Waals surface area contributed by atoms with Crippen molar-refractivity contribution in [3.05, 3.63) is 59.4 Å². The smallest absolute Gasteiger partial charge is 0.258 e. The molecule has 1 aliphatic rings. The second-order valence-corrected chi connectivity index (χ2v) is 6.68. The Morgan fingerprint density at radius 2 is 2.16 bits per heavy atom. The maximum Gasteiger partial charge on any atom is 0.258 e. The average Bonchev–Trinajstić information content (AvgIpc) is 2.62. The molecule has 0 radical (unpaired) electrons. The molecule has 132 valence electrons. The average molecular weight is 360 g/mol. The number of benzene rings is 1. The van der Waals surface area contributed by atoms with Crippen LogP contribution in [0.3, 0.4) is 0 Å². The fourth-order valence-electron chi connectivity index (χ4n) is 3.02. The highest BCUT2D eigenvalue weighted by atomic mass is 35.5. The lowest BCUT2D eigenvalue weighted by atomic mass is 10.1. The molecule has 2 heterocycles. The highest BCUT2D eigenvalue weighted by Crippen LogP contribution is 2.16. The molecular weight excluding hydrogens is 338 g/mol. The van der Waals surface area contributed by atoms with Gasteiger partial charge in [-0.25, -0.2) is 0 Å². The molecule has 3 rings (SSSR count). The third-order valence-electron chi connectivity index (χ3n) is 4.18. The van der Waals surface area contributed by atoms with Gasteiger partial charge in [0, 0.05) is 36.5 Å². The van der Waals surface area contributed by atoms with Crippen molar-refractivity contribution >= 4 is 17.5 Å². The van der Waals surface area contributed by atoms with Gasteiger partial charge in [0.25, 0.3) is 5.91 Å². The van der Waals surface area contributed by atoms with Gasteiger partial charge in [0.2, 0.25) is 0 Å². The number of aromatic nitrogens is 1. The molecule has 0 bridgehead atoms. The number of amides is 1. The number of carbonyl (C=O) groups excluding carboxylic acids is 1. The lowest BCUT2D eigenvalue weighted by Crippen LogP contribution is -2.48. The topological polar surface area (TPSA) is 54.5 Å². The van der Waals surface area contributed by atoms with E-state index in [2.05, 4.69) is 21.3 Å². The van der Waals surface area contributed by atoms with Crippen molar-refractivity contribution < 1.29 is 9.53 Å². The molecule has 0 aliphatic carbocycles. The van der Waals surface area contributed by atoms with Crippen LogP contribution in [0.5, 0.6) is 5.75 Å². The normalized spacial score (nSPS) is 17.9. The van der Waals surface area contributed by atoms with E-state index in [1.54, 1.807) is 30.5 Å². The second kappa shape index (κ2) is 8.83. The van der Waals surface area contributed by atoms with Crippen LogP contribution in [0, 0.1) is 0 Å². The fourth-order valence-corrected chi connectivity index (χ4v) is 3.14. The molecule has 1 atom stereocenters. The zero-order chi connectivity index (χ0) is 17.5. The van der Waals surface area contributed by atoms with Gasteiger partial charge in [0.1, 0.15) is 5.75 Å². The van der Waals surface area contributed by atoms with Gasteiger partial charge in [0.15, 0.2) is 6.61 Å². The first kappa shape index (κ1) is 17.7. The first-order valence-corrected chi connectivity index (χ1v) is 8.86. The Morgan fingerprint density at radius 3 is 2.92 bits per heavy atom. The monoisotopic (exact) mass is 359 g/mol. The molecule has 0 spiro atoms. The number of pyridine rings is 1. The van der Waals surface area contributed by atoms with Crippen LogP contribution in [-0.2, 0) is 11.3 Å². The van der Waals surface area contributed by atoms with E-state index in [0.29, 0.717) is 10.8 Å². The van der Waals surface area contributed by atoms with Crippen LogP contribution in [0.4, 0.5) is 0 Å². The molecule has 6 heteroatoms. The molecule has 1 aliphatic heterocycles. The van der Waals surface area contributed by atoms with Crippen molar-refractivity contribution in [2.45, 2.75) is 25.4 Å². The summed E-state index contributed by atoms with van der Waals surface area (Å²) >= 11 is 5.83. The Labute approximate surface area is 153 Å². The van der Waals surface area contributed by atoms with Gasteiger partial charge < -0.3 is 10.1 Å². The molecule has 1 fully saturated rings. The maximum atomic E-state index is 12.1. The van der Waals surface area contributed by atoms with E-state index >= 15 is 0 Å². The van der Waals surface area contributed by atoms with Crippen molar-refractivity contribution in [1.29, 1.82) is 0 Å². The number of halogens is 1. The van der Waals surface area contributed by atoms with Crippen molar-refractivity contribution in [2.24, 2.45) is 0 Å². The van der Waals surface area contributed by atoms with E-state index in [-0.39, 0.29) is 18.6 Å². The van der Waals surface area contributed by atoms with Crippen LogP contribution >= 0.6 is 11.6 Å². The van der Waals surface area contributed by atoms with Gasteiger partial charge in [0.05, 0.1) is 0 Å². The van der Waals surface area contributed by atoms with Crippen LogP contribution in [0.15, 0.2) is 48.8 Å². The lowest BCUT2D eigenvalue weighted by molar-refractivity contribution is -0.124. The number of rotatable bonds is 6. The summed E-state index contributed by atoms with van der Waals surface area (Å²) in [5.74, 6) is 0.546. The van der Waals surface area contributed by atoms with E-state index in [0.717, 1.165) is 32.5 Å². The van der Waals surface area contributed by atoms with E-state index in [1.165, 1.54) is 5.56 Å². The zero-order valence-electron chi connectivity index (χ0n) is 14.0. The van der Waals surface area contributed by atoms with Gasteiger partial charge >= 0.3 is 0 Å². The minimum Gasteiger partial charge on any atom is -0.484 e. The zero-order valence-corrected chi connectivity index (χ0v) is 14.8. The standard InChI is InChI=1S/C19H22ClN3O2/c20-16-5-7-18(8-6-16)25-14-19(24)22-17-4-2-10-23(13-17)12-15-3-1-9-21-11-15/h1,3,5-9,11,17H,2,4,10,12-14H2,(H,22,24)/t17-/m0/s1. The summed E-state index contributed by atoms with van der Waals surface area (Å²) in [7, 11) is 0. The van der Waals surface area contributed by atoms with Crippen molar-refractivity contribution in [3.8, 4) is 5.75 Å². The van der Waals surface area contributed by atoms with Crippen molar-refractivity contribution in [1.82, 2.24) is 15.2 Å². The largest absolute Gasteiger partial charge is 0.484 e. The summed E-state index contributed by atoms with van der Waals surface area (Å²) in [6.45, 7) is 2.77. The molecule has 1 aromatic carbocycles. The van der Waals surface area contributed by atoms with Gasteiger partial charge in [-0.1, -0.05) is 17.7 Å². The quantitative estimate of drug-likeness (QED) is 0.861. The van der Waals surface area contributed by atoms with E-state index < -0.39 is 0 Å². The number of piperidine rings is 1. The molecule has 1 saturated heterocycles. The molecule has 1 N–H and O–H groups in total.